The molecule has 0 radical (unpaired) electrons. The van der Waals surface area contributed by atoms with E-state index in [9.17, 15) is 4.79 Å². The van der Waals surface area contributed by atoms with Gasteiger partial charge in [-0.3, -0.25) is 0 Å². The molecule has 0 spiro atoms. The molecule has 0 N–H and O–H groups in total. The Morgan fingerprint density at radius 2 is 1.23 bits per heavy atom. The van der Waals surface area contributed by atoms with E-state index in [0.717, 1.165) is 6.42 Å². The third-order valence-corrected chi connectivity index (χ3v) is 3.39. The first-order chi connectivity index (χ1) is 10.8. The average Bonchev–Trinajstić information content (AvgIpc) is 2.57. The average molecular weight is 288 g/mol. The van der Waals surface area contributed by atoms with E-state index < -0.39 is 0 Å². The topological polar surface area (TPSA) is 26.3 Å². The van der Waals surface area contributed by atoms with Crippen molar-refractivity contribution in [2.24, 2.45) is 0 Å². The van der Waals surface area contributed by atoms with Gasteiger partial charge in [-0.15, -0.1) is 0 Å². The van der Waals surface area contributed by atoms with E-state index in [-0.39, 0.29) is 5.97 Å². The van der Waals surface area contributed by atoms with Gasteiger partial charge in [-0.2, -0.15) is 0 Å². The molecule has 2 heteroatoms. The van der Waals surface area contributed by atoms with Crippen LogP contribution in [0, 0.1) is 0 Å². The maximum atomic E-state index is 12.1. The van der Waals surface area contributed by atoms with Crippen LogP contribution in [0.1, 0.15) is 21.5 Å². The molecule has 0 saturated carbocycles. The molecule has 3 aromatic rings. The van der Waals surface area contributed by atoms with E-state index in [2.05, 4.69) is 12.1 Å². The molecule has 0 aliphatic rings. The van der Waals surface area contributed by atoms with E-state index >= 15 is 0 Å². The highest BCUT2D eigenvalue weighted by Gasteiger charge is 2.08. The first-order valence-electron chi connectivity index (χ1n) is 7.21. The summed E-state index contributed by atoms with van der Waals surface area (Å²) in [5, 5.41) is 0. The smallest absolute Gasteiger partial charge is 0.343 e. The van der Waals surface area contributed by atoms with Gasteiger partial charge in [0.15, 0.2) is 0 Å². The van der Waals surface area contributed by atoms with Crippen LogP contribution in [0.4, 0.5) is 0 Å². The highest BCUT2D eigenvalue weighted by molar-refractivity contribution is 5.91. The van der Waals surface area contributed by atoms with Crippen LogP contribution in [0.25, 0.3) is 0 Å². The van der Waals surface area contributed by atoms with Crippen LogP contribution in [0.15, 0.2) is 84.9 Å². The van der Waals surface area contributed by atoms with E-state index in [0.29, 0.717) is 11.3 Å². The van der Waals surface area contributed by atoms with Crippen LogP contribution in [0.3, 0.4) is 0 Å². The van der Waals surface area contributed by atoms with Crippen LogP contribution >= 0.6 is 0 Å². The lowest BCUT2D eigenvalue weighted by molar-refractivity contribution is 0.0735. The Hall–Kier alpha value is -2.87. The molecule has 0 heterocycles. The van der Waals surface area contributed by atoms with Crippen LogP contribution in [0.5, 0.6) is 5.75 Å². The lowest BCUT2D eigenvalue weighted by Crippen LogP contribution is -2.08. The number of hydrogen-bond acceptors (Lipinski definition) is 2. The lowest BCUT2D eigenvalue weighted by Gasteiger charge is -2.05. The lowest BCUT2D eigenvalue weighted by atomic mass is 10.0. The summed E-state index contributed by atoms with van der Waals surface area (Å²) in [5.74, 6) is 0.221. The molecular formula is C20H16O2. The Labute approximate surface area is 130 Å². The highest BCUT2D eigenvalue weighted by Crippen LogP contribution is 2.14. The molecule has 108 valence electrons. The summed E-state index contributed by atoms with van der Waals surface area (Å²) < 4.78 is 5.32. The molecule has 0 atom stereocenters. The number of rotatable bonds is 4. The van der Waals surface area contributed by atoms with Crippen molar-refractivity contribution in [3.05, 3.63) is 102 Å². The molecule has 3 aromatic carbocycles. The Morgan fingerprint density at radius 1 is 0.682 bits per heavy atom. The Kier molecular flexibility index (Phi) is 4.30. The van der Waals surface area contributed by atoms with Gasteiger partial charge in [0.25, 0.3) is 0 Å². The Balaban J connectivity index is 1.67. The van der Waals surface area contributed by atoms with Crippen molar-refractivity contribution in [1.82, 2.24) is 0 Å². The second-order valence-corrected chi connectivity index (χ2v) is 5.06. The zero-order chi connectivity index (χ0) is 15.2. The van der Waals surface area contributed by atoms with Gasteiger partial charge in [-0.05, 0) is 41.8 Å². The first-order valence-corrected chi connectivity index (χ1v) is 7.21. The van der Waals surface area contributed by atoms with Gasteiger partial charge >= 0.3 is 5.97 Å². The molecule has 0 aliphatic carbocycles. The molecule has 0 amide bonds. The fourth-order valence-electron chi connectivity index (χ4n) is 2.24. The van der Waals surface area contributed by atoms with Gasteiger partial charge < -0.3 is 4.74 Å². The molecule has 2 nitrogen and oxygen atoms in total. The molecule has 0 unspecified atom stereocenters. The van der Waals surface area contributed by atoms with Crippen molar-refractivity contribution in [1.29, 1.82) is 0 Å². The largest absolute Gasteiger partial charge is 0.423 e. The van der Waals surface area contributed by atoms with Crippen LogP contribution in [0.2, 0.25) is 0 Å². The molecule has 0 saturated heterocycles. The standard InChI is InChI=1S/C20H16O2/c21-20(22-19-9-5-2-6-10-19)18-13-11-17(12-14-18)15-16-7-3-1-4-8-16/h1-14H,15H2. The number of hydrogen-bond donors (Lipinski definition) is 0. The van der Waals surface area contributed by atoms with Gasteiger partial charge in [0.05, 0.1) is 5.56 Å². The minimum atomic E-state index is -0.336. The summed E-state index contributed by atoms with van der Waals surface area (Å²) in [7, 11) is 0. The van der Waals surface area contributed by atoms with Gasteiger partial charge in [0.1, 0.15) is 5.75 Å². The number of benzene rings is 3. The summed E-state index contributed by atoms with van der Waals surface area (Å²) in [6.45, 7) is 0. The van der Waals surface area contributed by atoms with Gasteiger partial charge in [-0.1, -0.05) is 60.7 Å². The van der Waals surface area contributed by atoms with Crippen molar-refractivity contribution in [3.8, 4) is 5.75 Å². The van der Waals surface area contributed by atoms with Crippen LogP contribution in [-0.4, -0.2) is 5.97 Å². The molecule has 3 rings (SSSR count). The molecule has 0 bridgehead atoms. The third-order valence-electron chi connectivity index (χ3n) is 3.39. The quantitative estimate of drug-likeness (QED) is 0.522. The fraction of sp³-hybridized carbons (Fsp3) is 0.0500. The fourth-order valence-corrected chi connectivity index (χ4v) is 2.24. The molecule has 0 aromatic heterocycles. The molecule has 0 fully saturated rings. The molecule has 22 heavy (non-hydrogen) atoms. The van der Waals surface area contributed by atoms with E-state index in [4.69, 9.17) is 4.74 Å². The summed E-state index contributed by atoms with van der Waals surface area (Å²) in [6, 6.07) is 26.9. The number of carbonyl (C=O) groups excluding carboxylic acids is 1. The predicted octanol–water partition coefficient (Wildman–Crippen LogP) is 4.50. The van der Waals surface area contributed by atoms with Crippen molar-refractivity contribution in [2.75, 3.05) is 0 Å². The van der Waals surface area contributed by atoms with Crippen LogP contribution < -0.4 is 4.74 Å². The second-order valence-electron chi connectivity index (χ2n) is 5.06. The minimum Gasteiger partial charge on any atom is -0.423 e. The van der Waals surface area contributed by atoms with Crippen LogP contribution in [-0.2, 0) is 6.42 Å². The minimum absolute atomic E-state index is 0.336. The zero-order valence-electron chi connectivity index (χ0n) is 12.1. The summed E-state index contributed by atoms with van der Waals surface area (Å²) in [6.07, 6.45) is 0.856. The van der Waals surface area contributed by atoms with Crippen molar-refractivity contribution in [3.63, 3.8) is 0 Å². The molecular weight excluding hydrogens is 272 g/mol. The maximum absolute atomic E-state index is 12.1. The molecule has 0 aliphatic heterocycles. The van der Waals surface area contributed by atoms with Gasteiger partial charge in [0, 0.05) is 0 Å². The van der Waals surface area contributed by atoms with Crippen molar-refractivity contribution in [2.45, 2.75) is 6.42 Å². The summed E-state index contributed by atoms with van der Waals surface area (Å²) in [5.41, 5.74) is 2.98. The number of esters is 1. The number of para-hydroxylation sites is 1. The second kappa shape index (κ2) is 6.72. The number of ether oxygens (including phenoxy) is 1. The SMILES string of the molecule is O=C(Oc1ccccc1)c1ccc(Cc2ccccc2)cc1. The van der Waals surface area contributed by atoms with E-state index in [1.54, 1.807) is 12.1 Å². The maximum Gasteiger partial charge on any atom is 0.343 e. The Bertz CT molecular complexity index is 732. The summed E-state index contributed by atoms with van der Waals surface area (Å²) in [4.78, 5) is 12.1. The third kappa shape index (κ3) is 3.61. The normalized spacial score (nSPS) is 10.2. The van der Waals surface area contributed by atoms with Gasteiger partial charge in [-0.25, -0.2) is 4.79 Å². The van der Waals surface area contributed by atoms with E-state index in [1.807, 2.05) is 60.7 Å². The zero-order valence-corrected chi connectivity index (χ0v) is 12.1. The van der Waals surface area contributed by atoms with E-state index in [1.165, 1.54) is 11.1 Å². The number of carbonyl (C=O) groups is 1. The first kappa shape index (κ1) is 14.1. The van der Waals surface area contributed by atoms with Crippen molar-refractivity contribution >= 4 is 5.97 Å². The van der Waals surface area contributed by atoms with Crippen molar-refractivity contribution < 1.29 is 9.53 Å². The Morgan fingerprint density at radius 3 is 1.86 bits per heavy atom. The monoisotopic (exact) mass is 288 g/mol. The summed E-state index contributed by atoms with van der Waals surface area (Å²) >= 11 is 0. The van der Waals surface area contributed by atoms with Gasteiger partial charge in [0.2, 0.25) is 0 Å². The predicted molar refractivity (Wildman–Crippen MR) is 87.1 cm³/mol. The highest BCUT2D eigenvalue weighted by atomic mass is 16.5.